The van der Waals surface area contributed by atoms with Crippen LogP contribution < -0.4 is 10.2 Å². The van der Waals surface area contributed by atoms with Gasteiger partial charge in [0.25, 0.3) is 0 Å². The summed E-state index contributed by atoms with van der Waals surface area (Å²) in [4.78, 5) is 7.78. The SMILES string of the molecule is Cc1cccc(N2C(=S)N[C@@H](c3ccccn3)[C@@H]2c2ccc(Sc3ccc(Cl)cc3)o2)c1. The maximum Gasteiger partial charge on any atom is 0.174 e. The van der Waals surface area contributed by atoms with Crippen molar-refractivity contribution in [2.45, 2.75) is 29.0 Å². The van der Waals surface area contributed by atoms with Crippen LogP contribution in [0.5, 0.6) is 0 Å². The van der Waals surface area contributed by atoms with E-state index in [1.807, 2.05) is 60.7 Å². The van der Waals surface area contributed by atoms with E-state index in [4.69, 9.17) is 28.2 Å². The monoisotopic (exact) mass is 477 g/mol. The van der Waals surface area contributed by atoms with Gasteiger partial charge in [-0.15, -0.1) is 0 Å². The quantitative estimate of drug-likeness (QED) is 0.313. The summed E-state index contributed by atoms with van der Waals surface area (Å²) in [5.74, 6) is 0.825. The summed E-state index contributed by atoms with van der Waals surface area (Å²) < 4.78 is 6.34. The summed E-state index contributed by atoms with van der Waals surface area (Å²) in [6.07, 6.45) is 1.80. The lowest BCUT2D eigenvalue weighted by Crippen LogP contribution is -2.29. The second-order valence-electron chi connectivity index (χ2n) is 7.55. The molecule has 4 aromatic rings. The molecule has 0 radical (unpaired) electrons. The van der Waals surface area contributed by atoms with Crippen LogP contribution in [0.3, 0.4) is 0 Å². The van der Waals surface area contributed by atoms with Crippen molar-refractivity contribution in [2.24, 2.45) is 0 Å². The molecule has 1 fully saturated rings. The Bertz CT molecular complexity index is 1240. The number of hydrogen-bond donors (Lipinski definition) is 1. The van der Waals surface area contributed by atoms with E-state index >= 15 is 0 Å². The average molecular weight is 478 g/mol. The van der Waals surface area contributed by atoms with Crippen LogP contribution in [-0.4, -0.2) is 10.1 Å². The minimum absolute atomic E-state index is 0.135. The molecular weight excluding hydrogens is 458 g/mol. The molecular formula is C25H20ClN3OS2. The van der Waals surface area contributed by atoms with Crippen molar-refractivity contribution in [2.75, 3.05) is 4.90 Å². The molecule has 2 aromatic carbocycles. The van der Waals surface area contributed by atoms with Crippen molar-refractivity contribution in [1.29, 1.82) is 0 Å². The van der Waals surface area contributed by atoms with Crippen LogP contribution >= 0.6 is 35.6 Å². The molecule has 3 heterocycles. The second kappa shape index (κ2) is 8.98. The summed E-state index contributed by atoms with van der Waals surface area (Å²) in [5.41, 5.74) is 3.11. The fraction of sp³-hybridized carbons (Fsp3) is 0.120. The Morgan fingerprint density at radius 3 is 2.62 bits per heavy atom. The van der Waals surface area contributed by atoms with Gasteiger partial charge in [0, 0.05) is 21.8 Å². The van der Waals surface area contributed by atoms with Crippen molar-refractivity contribution < 1.29 is 4.42 Å². The lowest BCUT2D eigenvalue weighted by molar-refractivity contribution is 0.383. The van der Waals surface area contributed by atoms with Crippen LogP contribution in [0.4, 0.5) is 5.69 Å². The van der Waals surface area contributed by atoms with Gasteiger partial charge >= 0.3 is 0 Å². The Balaban J connectivity index is 1.53. The van der Waals surface area contributed by atoms with Crippen LogP contribution in [0, 0.1) is 6.92 Å². The van der Waals surface area contributed by atoms with Crippen molar-refractivity contribution in [3.8, 4) is 0 Å². The number of nitrogens with one attached hydrogen (secondary N) is 1. The number of halogens is 1. The highest BCUT2D eigenvalue weighted by Gasteiger charge is 2.42. The number of aromatic nitrogens is 1. The Morgan fingerprint density at radius 1 is 1.03 bits per heavy atom. The molecule has 32 heavy (non-hydrogen) atoms. The van der Waals surface area contributed by atoms with Crippen LogP contribution in [0.25, 0.3) is 0 Å². The molecule has 1 N–H and O–H groups in total. The number of anilines is 1. The Morgan fingerprint density at radius 2 is 1.88 bits per heavy atom. The molecule has 7 heteroatoms. The molecule has 1 aliphatic rings. The molecule has 5 rings (SSSR count). The maximum atomic E-state index is 6.34. The summed E-state index contributed by atoms with van der Waals surface area (Å²) in [6, 6.07) is 25.7. The first kappa shape index (κ1) is 21.1. The molecule has 0 spiro atoms. The molecule has 2 aromatic heterocycles. The molecule has 1 saturated heterocycles. The van der Waals surface area contributed by atoms with E-state index < -0.39 is 0 Å². The maximum absolute atomic E-state index is 6.34. The van der Waals surface area contributed by atoms with Gasteiger partial charge in [0.2, 0.25) is 0 Å². The molecule has 0 unspecified atom stereocenters. The van der Waals surface area contributed by atoms with Crippen molar-refractivity contribution in [1.82, 2.24) is 10.3 Å². The summed E-state index contributed by atoms with van der Waals surface area (Å²) >= 11 is 13.3. The standard InChI is InChI=1S/C25H20ClN3OS2/c1-16-5-4-6-18(15-16)29-24(23(28-25(29)31)20-7-2-3-14-27-20)21-12-13-22(30-21)32-19-10-8-17(26)9-11-19/h2-15,23-24H,1H3,(H,28,31)/t23-,24-/m0/s1. The third-order valence-electron chi connectivity index (χ3n) is 5.30. The van der Waals surface area contributed by atoms with Gasteiger partial charge in [-0.3, -0.25) is 4.98 Å². The first-order valence-electron chi connectivity index (χ1n) is 10.2. The van der Waals surface area contributed by atoms with E-state index in [2.05, 4.69) is 40.3 Å². The zero-order valence-corrected chi connectivity index (χ0v) is 19.6. The number of aryl methyl sites for hydroxylation is 1. The zero-order valence-electron chi connectivity index (χ0n) is 17.2. The van der Waals surface area contributed by atoms with Gasteiger partial charge in [0.05, 0.1) is 11.7 Å². The molecule has 0 saturated carbocycles. The fourth-order valence-corrected chi connectivity index (χ4v) is 5.12. The summed E-state index contributed by atoms with van der Waals surface area (Å²) in [6.45, 7) is 2.08. The van der Waals surface area contributed by atoms with E-state index in [0.29, 0.717) is 10.1 Å². The topological polar surface area (TPSA) is 41.3 Å². The largest absolute Gasteiger partial charge is 0.452 e. The summed E-state index contributed by atoms with van der Waals surface area (Å²) in [5, 5.41) is 5.64. The normalized spacial score (nSPS) is 18.1. The molecule has 4 nitrogen and oxygen atoms in total. The van der Waals surface area contributed by atoms with Crippen molar-refractivity contribution >= 4 is 46.4 Å². The smallest absolute Gasteiger partial charge is 0.174 e. The van der Waals surface area contributed by atoms with E-state index in [0.717, 1.165) is 27.1 Å². The van der Waals surface area contributed by atoms with Crippen LogP contribution in [0.15, 0.2) is 99.5 Å². The first-order valence-corrected chi connectivity index (χ1v) is 11.8. The predicted octanol–water partition coefficient (Wildman–Crippen LogP) is 6.96. The number of pyridine rings is 1. The van der Waals surface area contributed by atoms with E-state index in [1.165, 1.54) is 5.56 Å². The number of furan rings is 1. The van der Waals surface area contributed by atoms with Crippen LogP contribution in [0.1, 0.15) is 29.1 Å². The predicted molar refractivity (Wildman–Crippen MR) is 133 cm³/mol. The Labute approximate surface area is 201 Å². The zero-order chi connectivity index (χ0) is 22.1. The minimum atomic E-state index is -0.168. The van der Waals surface area contributed by atoms with Crippen molar-refractivity contribution in [3.05, 3.63) is 107 Å². The van der Waals surface area contributed by atoms with Crippen LogP contribution in [0.2, 0.25) is 5.02 Å². The number of rotatable bonds is 5. The molecule has 2 atom stereocenters. The van der Waals surface area contributed by atoms with E-state index in [-0.39, 0.29) is 12.1 Å². The van der Waals surface area contributed by atoms with Crippen LogP contribution in [-0.2, 0) is 0 Å². The second-order valence-corrected chi connectivity index (χ2v) is 9.45. The number of thiocarbonyl (C=S) groups is 1. The number of nitrogens with zero attached hydrogens (tertiary/aromatic N) is 2. The van der Waals surface area contributed by atoms with Gasteiger partial charge in [-0.2, -0.15) is 0 Å². The molecule has 0 bridgehead atoms. The van der Waals surface area contributed by atoms with E-state index in [1.54, 1.807) is 18.0 Å². The van der Waals surface area contributed by atoms with Gasteiger partial charge in [-0.05, 0) is 85.4 Å². The van der Waals surface area contributed by atoms with Gasteiger partial charge in [-0.25, -0.2) is 0 Å². The third-order valence-corrected chi connectivity index (χ3v) is 6.80. The Hall–Kier alpha value is -2.80. The highest BCUT2D eigenvalue weighted by molar-refractivity contribution is 7.99. The van der Waals surface area contributed by atoms with Gasteiger partial charge in [0.1, 0.15) is 11.8 Å². The summed E-state index contributed by atoms with van der Waals surface area (Å²) in [7, 11) is 0. The molecule has 0 amide bonds. The highest BCUT2D eigenvalue weighted by atomic mass is 35.5. The number of benzene rings is 2. The third kappa shape index (κ3) is 4.26. The van der Waals surface area contributed by atoms with Crippen molar-refractivity contribution in [3.63, 3.8) is 0 Å². The molecule has 160 valence electrons. The van der Waals surface area contributed by atoms with Gasteiger partial charge < -0.3 is 14.6 Å². The fourth-order valence-electron chi connectivity index (χ4n) is 3.87. The Kier molecular flexibility index (Phi) is 5.91. The van der Waals surface area contributed by atoms with Gasteiger partial charge in [0.15, 0.2) is 10.2 Å². The lowest BCUT2D eigenvalue weighted by atomic mass is 10.0. The number of hydrogen-bond acceptors (Lipinski definition) is 4. The lowest BCUT2D eigenvalue weighted by Gasteiger charge is -2.26. The molecule has 1 aliphatic heterocycles. The highest BCUT2D eigenvalue weighted by Crippen LogP contribution is 2.43. The average Bonchev–Trinajstić information content (AvgIpc) is 3.40. The first-order chi connectivity index (χ1) is 15.6. The van der Waals surface area contributed by atoms with E-state index in [9.17, 15) is 0 Å². The van der Waals surface area contributed by atoms with Gasteiger partial charge in [-0.1, -0.05) is 41.6 Å². The minimum Gasteiger partial charge on any atom is -0.452 e. The molecule has 0 aliphatic carbocycles.